The Bertz CT molecular complexity index is 779. The first-order valence-corrected chi connectivity index (χ1v) is 11.1. The van der Waals surface area contributed by atoms with E-state index >= 15 is 0 Å². The molecule has 2 aliphatic heterocycles. The van der Waals surface area contributed by atoms with Crippen LogP contribution in [0.4, 0.5) is 10.6 Å². The normalized spacial score (nSPS) is 22.1. The number of rotatable bonds is 4. The molecule has 0 bridgehead atoms. The molecule has 172 valence electrons. The van der Waals surface area contributed by atoms with Crippen molar-refractivity contribution in [3.05, 3.63) is 12.4 Å². The number of likely N-dealkylation sites (tertiary alicyclic amines) is 2. The smallest absolute Gasteiger partial charge is 0.410 e. The fourth-order valence-electron chi connectivity index (χ4n) is 4.03. The van der Waals surface area contributed by atoms with Crippen LogP contribution in [0.5, 0.6) is 5.88 Å². The van der Waals surface area contributed by atoms with Crippen molar-refractivity contribution in [2.24, 2.45) is 5.92 Å². The summed E-state index contributed by atoms with van der Waals surface area (Å²) in [7, 11) is 3.79. The summed E-state index contributed by atoms with van der Waals surface area (Å²) in [6, 6.07) is 0. The van der Waals surface area contributed by atoms with Crippen LogP contribution >= 0.6 is 0 Å². The van der Waals surface area contributed by atoms with E-state index in [0.717, 1.165) is 25.7 Å². The van der Waals surface area contributed by atoms with Crippen LogP contribution in [0.25, 0.3) is 0 Å². The molecule has 0 saturated carbocycles. The summed E-state index contributed by atoms with van der Waals surface area (Å²) in [5, 5.41) is 0. The van der Waals surface area contributed by atoms with Gasteiger partial charge in [0.2, 0.25) is 5.91 Å². The van der Waals surface area contributed by atoms with Gasteiger partial charge in [0, 0.05) is 46.1 Å². The minimum Gasteiger partial charge on any atom is -0.470 e. The molecule has 3 heterocycles. The minimum atomic E-state index is -0.544. The van der Waals surface area contributed by atoms with Crippen LogP contribution < -0.4 is 9.64 Å². The molecule has 1 aromatic heterocycles. The lowest BCUT2D eigenvalue weighted by Gasteiger charge is -2.38. The Balaban J connectivity index is 1.60. The molecule has 2 saturated heterocycles. The van der Waals surface area contributed by atoms with Gasteiger partial charge in [0.1, 0.15) is 11.7 Å². The average Bonchev–Trinajstić information content (AvgIpc) is 2.72. The second-order valence-corrected chi connectivity index (χ2v) is 9.51. The first-order valence-electron chi connectivity index (χ1n) is 11.1. The van der Waals surface area contributed by atoms with Crippen molar-refractivity contribution < 1.29 is 19.1 Å². The number of nitrogens with zero attached hydrogens (tertiary/aromatic N) is 5. The summed E-state index contributed by atoms with van der Waals surface area (Å²) < 4.78 is 11.6. The van der Waals surface area contributed by atoms with Gasteiger partial charge in [0.05, 0.1) is 12.5 Å². The Labute approximate surface area is 184 Å². The van der Waals surface area contributed by atoms with E-state index in [9.17, 15) is 9.59 Å². The van der Waals surface area contributed by atoms with Gasteiger partial charge < -0.3 is 24.2 Å². The zero-order valence-electron chi connectivity index (χ0n) is 19.3. The highest BCUT2D eigenvalue weighted by Gasteiger charge is 2.35. The Morgan fingerprint density at radius 2 is 1.71 bits per heavy atom. The van der Waals surface area contributed by atoms with E-state index in [1.165, 1.54) is 0 Å². The molecule has 1 aromatic rings. The second-order valence-electron chi connectivity index (χ2n) is 9.51. The van der Waals surface area contributed by atoms with E-state index in [0.29, 0.717) is 37.9 Å². The Hall–Kier alpha value is -2.58. The summed E-state index contributed by atoms with van der Waals surface area (Å²) in [4.78, 5) is 39.7. The number of ether oxygens (including phenoxy) is 2. The van der Waals surface area contributed by atoms with E-state index in [2.05, 4.69) is 9.97 Å². The van der Waals surface area contributed by atoms with E-state index in [-0.39, 0.29) is 24.0 Å². The molecule has 9 nitrogen and oxygen atoms in total. The van der Waals surface area contributed by atoms with Crippen molar-refractivity contribution in [1.82, 2.24) is 19.8 Å². The molecule has 2 amide bonds. The van der Waals surface area contributed by atoms with Crippen LogP contribution in [-0.4, -0.2) is 83.7 Å². The maximum absolute atomic E-state index is 13.2. The van der Waals surface area contributed by atoms with E-state index in [1.807, 2.05) is 44.7 Å². The topological polar surface area (TPSA) is 88.1 Å². The average molecular weight is 434 g/mol. The number of anilines is 1. The van der Waals surface area contributed by atoms with Gasteiger partial charge in [-0.2, -0.15) is 0 Å². The van der Waals surface area contributed by atoms with Gasteiger partial charge in [-0.1, -0.05) is 0 Å². The SMILES string of the molecule is CN(C)c1nccnc1OC1CCCN(C(=O)C2CCCN(C(=O)OC(C)(C)C)C2)C1. The van der Waals surface area contributed by atoms with Gasteiger partial charge >= 0.3 is 6.09 Å². The number of carbonyl (C=O) groups excluding carboxylic acids is 2. The summed E-state index contributed by atoms with van der Waals surface area (Å²) >= 11 is 0. The van der Waals surface area contributed by atoms with E-state index in [4.69, 9.17) is 9.47 Å². The number of aromatic nitrogens is 2. The Kier molecular flexibility index (Phi) is 7.23. The van der Waals surface area contributed by atoms with Crippen LogP contribution in [0.15, 0.2) is 12.4 Å². The fraction of sp³-hybridized carbons (Fsp3) is 0.727. The van der Waals surface area contributed by atoms with E-state index in [1.54, 1.807) is 17.3 Å². The lowest BCUT2D eigenvalue weighted by molar-refractivity contribution is -0.139. The van der Waals surface area contributed by atoms with Crippen molar-refractivity contribution in [2.45, 2.75) is 58.2 Å². The van der Waals surface area contributed by atoms with Crippen LogP contribution in [0.3, 0.4) is 0 Å². The van der Waals surface area contributed by atoms with Crippen molar-refractivity contribution in [2.75, 3.05) is 45.2 Å². The molecule has 2 unspecified atom stereocenters. The van der Waals surface area contributed by atoms with Gasteiger partial charge in [0.15, 0.2) is 5.82 Å². The molecule has 0 spiro atoms. The highest BCUT2D eigenvalue weighted by Crippen LogP contribution is 2.26. The largest absolute Gasteiger partial charge is 0.470 e. The first-order chi connectivity index (χ1) is 14.6. The van der Waals surface area contributed by atoms with Gasteiger partial charge in [-0.3, -0.25) is 4.79 Å². The Morgan fingerprint density at radius 1 is 1.03 bits per heavy atom. The predicted octanol–water partition coefficient (Wildman–Crippen LogP) is 2.56. The van der Waals surface area contributed by atoms with Crippen molar-refractivity contribution in [3.8, 4) is 5.88 Å². The number of carbonyl (C=O) groups is 2. The molecule has 2 aliphatic rings. The highest BCUT2D eigenvalue weighted by atomic mass is 16.6. The molecule has 0 aliphatic carbocycles. The van der Waals surface area contributed by atoms with Crippen molar-refractivity contribution >= 4 is 17.8 Å². The third-order valence-corrected chi connectivity index (χ3v) is 5.46. The fourth-order valence-corrected chi connectivity index (χ4v) is 4.03. The molecule has 0 aromatic carbocycles. The molecular weight excluding hydrogens is 398 g/mol. The molecule has 9 heteroatoms. The molecule has 2 atom stereocenters. The van der Waals surface area contributed by atoms with E-state index < -0.39 is 5.60 Å². The maximum Gasteiger partial charge on any atom is 0.410 e. The molecule has 0 radical (unpaired) electrons. The quantitative estimate of drug-likeness (QED) is 0.721. The van der Waals surface area contributed by atoms with Crippen LogP contribution in [0, 0.1) is 5.92 Å². The van der Waals surface area contributed by atoms with Crippen molar-refractivity contribution in [3.63, 3.8) is 0 Å². The summed E-state index contributed by atoms with van der Waals surface area (Å²) in [5.74, 6) is 1.05. The van der Waals surface area contributed by atoms with Crippen molar-refractivity contribution in [1.29, 1.82) is 0 Å². The number of amides is 2. The molecule has 31 heavy (non-hydrogen) atoms. The minimum absolute atomic E-state index is 0.0912. The van der Waals surface area contributed by atoms with Gasteiger partial charge in [-0.25, -0.2) is 14.8 Å². The van der Waals surface area contributed by atoms with Crippen LogP contribution in [0.2, 0.25) is 0 Å². The number of hydrogen-bond donors (Lipinski definition) is 0. The molecule has 2 fully saturated rings. The third kappa shape index (κ3) is 6.21. The van der Waals surface area contributed by atoms with Gasteiger partial charge in [-0.05, 0) is 46.5 Å². The summed E-state index contributed by atoms with van der Waals surface area (Å²) in [6.45, 7) is 7.82. The van der Waals surface area contributed by atoms with Crippen LogP contribution in [-0.2, 0) is 9.53 Å². The van der Waals surface area contributed by atoms with Gasteiger partial charge in [0.25, 0.3) is 5.88 Å². The Morgan fingerprint density at radius 3 is 2.42 bits per heavy atom. The predicted molar refractivity (Wildman–Crippen MR) is 117 cm³/mol. The number of hydrogen-bond acceptors (Lipinski definition) is 7. The second kappa shape index (κ2) is 9.70. The highest BCUT2D eigenvalue weighted by molar-refractivity contribution is 5.80. The lowest BCUT2D eigenvalue weighted by atomic mass is 9.95. The zero-order chi connectivity index (χ0) is 22.6. The van der Waals surface area contributed by atoms with Gasteiger partial charge in [-0.15, -0.1) is 0 Å². The van der Waals surface area contributed by atoms with Crippen LogP contribution in [0.1, 0.15) is 46.5 Å². The summed E-state index contributed by atoms with van der Waals surface area (Å²) in [6.07, 6.45) is 6.10. The molecule has 0 N–H and O–H groups in total. The number of piperidine rings is 2. The lowest BCUT2D eigenvalue weighted by Crippen LogP contribution is -2.51. The maximum atomic E-state index is 13.2. The third-order valence-electron chi connectivity index (χ3n) is 5.46. The molecule has 3 rings (SSSR count). The summed E-state index contributed by atoms with van der Waals surface area (Å²) in [5.41, 5.74) is -0.544. The standard InChI is InChI=1S/C22H35N5O4/c1-22(2,3)31-21(29)27-13-6-8-16(14-27)20(28)26-12-7-9-17(15-26)30-19-18(25(4)5)23-10-11-24-19/h10-11,16-17H,6-9,12-15H2,1-5H3. The molecular formula is C22H35N5O4. The zero-order valence-corrected chi connectivity index (χ0v) is 19.3. The monoisotopic (exact) mass is 433 g/mol. The first kappa shape index (κ1) is 23.1.